The number of fused-ring (bicyclic) bond motifs is 1. The minimum Gasteiger partial charge on any atom is -0.391 e. The molecule has 2 heterocycles. The van der Waals surface area contributed by atoms with Crippen molar-refractivity contribution >= 4 is 28.6 Å². The van der Waals surface area contributed by atoms with Crippen LogP contribution in [0.3, 0.4) is 0 Å². The third kappa shape index (κ3) is 3.33. The maximum absolute atomic E-state index is 10.1. The summed E-state index contributed by atoms with van der Waals surface area (Å²) in [6.07, 6.45) is 4.93. The molecular formula is C16H25N7O. The van der Waals surface area contributed by atoms with Crippen LogP contribution in [0, 0.1) is 0 Å². The van der Waals surface area contributed by atoms with Crippen molar-refractivity contribution in [1.82, 2.24) is 19.9 Å². The second-order valence-electron chi connectivity index (χ2n) is 6.36. The summed E-state index contributed by atoms with van der Waals surface area (Å²) in [5.41, 5.74) is 1.37. The number of aromatic nitrogens is 4. The number of nitrogens with one attached hydrogen (secondary N) is 2. The Kier molecular flexibility index (Phi) is 4.94. The van der Waals surface area contributed by atoms with Crippen molar-refractivity contribution in [2.45, 2.75) is 44.8 Å². The quantitative estimate of drug-likeness (QED) is 0.734. The predicted octanol–water partition coefficient (Wildman–Crippen LogP) is 1.63. The first-order valence-corrected chi connectivity index (χ1v) is 8.48. The van der Waals surface area contributed by atoms with E-state index in [2.05, 4.69) is 37.5 Å². The molecule has 0 aliphatic heterocycles. The summed E-state index contributed by atoms with van der Waals surface area (Å²) in [5.74, 6) is 1.96. The van der Waals surface area contributed by atoms with Gasteiger partial charge in [0.2, 0.25) is 5.95 Å². The molecule has 8 heteroatoms. The number of hydrogen-bond acceptors (Lipinski definition) is 8. The van der Waals surface area contributed by atoms with Crippen molar-refractivity contribution in [3.05, 3.63) is 6.33 Å². The second-order valence-corrected chi connectivity index (χ2v) is 6.36. The van der Waals surface area contributed by atoms with Crippen LogP contribution >= 0.6 is 0 Å². The minimum atomic E-state index is -0.345. The molecule has 2 aromatic heterocycles. The Hall–Kier alpha value is -2.22. The van der Waals surface area contributed by atoms with E-state index in [9.17, 15) is 5.11 Å². The van der Waals surface area contributed by atoms with Gasteiger partial charge in [-0.15, -0.1) is 0 Å². The van der Waals surface area contributed by atoms with Crippen LogP contribution in [0.25, 0.3) is 11.0 Å². The third-order valence-corrected chi connectivity index (χ3v) is 4.21. The molecule has 130 valence electrons. The Labute approximate surface area is 141 Å². The molecule has 24 heavy (non-hydrogen) atoms. The summed E-state index contributed by atoms with van der Waals surface area (Å²) in [4.78, 5) is 19.8. The lowest BCUT2D eigenvalue weighted by molar-refractivity contribution is 0.171. The second kappa shape index (κ2) is 7.12. The largest absolute Gasteiger partial charge is 0.391 e. The lowest BCUT2D eigenvalue weighted by Crippen LogP contribution is -2.28. The Morgan fingerprint density at radius 2 is 2.00 bits per heavy atom. The van der Waals surface area contributed by atoms with Gasteiger partial charge in [0.1, 0.15) is 17.4 Å². The summed E-state index contributed by atoms with van der Waals surface area (Å²) < 4.78 is 0. The first-order valence-electron chi connectivity index (χ1n) is 8.48. The fourth-order valence-corrected chi connectivity index (χ4v) is 2.89. The van der Waals surface area contributed by atoms with Gasteiger partial charge in [-0.3, -0.25) is 0 Å². The number of aliphatic hydroxyl groups excluding tert-OH is 1. The van der Waals surface area contributed by atoms with Gasteiger partial charge in [-0.2, -0.15) is 4.98 Å². The fourth-order valence-electron chi connectivity index (χ4n) is 2.89. The van der Waals surface area contributed by atoms with Crippen molar-refractivity contribution in [2.24, 2.45) is 0 Å². The molecule has 0 aromatic carbocycles. The summed E-state index contributed by atoms with van der Waals surface area (Å²) in [6.45, 7) is 2.92. The summed E-state index contributed by atoms with van der Waals surface area (Å²) in [6, 6.07) is 0.00734. The molecule has 0 unspecified atom stereocenters. The number of aliphatic hydroxyl groups is 1. The van der Waals surface area contributed by atoms with E-state index in [1.807, 2.05) is 19.0 Å². The number of hydrogen-bond donors (Lipinski definition) is 3. The van der Waals surface area contributed by atoms with E-state index in [0.717, 1.165) is 32.2 Å². The molecular weight excluding hydrogens is 306 g/mol. The van der Waals surface area contributed by atoms with E-state index in [1.54, 1.807) is 0 Å². The molecule has 1 saturated carbocycles. The van der Waals surface area contributed by atoms with Gasteiger partial charge in [0.15, 0.2) is 11.6 Å². The summed E-state index contributed by atoms with van der Waals surface area (Å²) in [7, 11) is 3.81. The molecule has 0 bridgehead atoms. The maximum atomic E-state index is 10.1. The van der Waals surface area contributed by atoms with Gasteiger partial charge < -0.3 is 20.6 Å². The molecule has 2 atom stereocenters. The topological polar surface area (TPSA) is 99.1 Å². The van der Waals surface area contributed by atoms with Crippen LogP contribution in [0.5, 0.6) is 0 Å². The number of anilines is 3. The van der Waals surface area contributed by atoms with Crippen LogP contribution in [0.1, 0.15) is 32.6 Å². The van der Waals surface area contributed by atoms with E-state index in [1.165, 1.54) is 6.33 Å². The minimum absolute atomic E-state index is 0.00734. The monoisotopic (exact) mass is 331 g/mol. The van der Waals surface area contributed by atoms with Crippen LogP contribution in [0.4, 0.5) is 17.6 Å². The van der Waals surface area contributed by atoms with Crippen molar-refractivity contribution in [3.8, 4) is 0 Å². The molecule has 1 aliphatic rings. The van der Waals surface area contributed by atoms with Gasteiger partial charge in [-0.25, -0.2) is 15.0 Å². The fraction of sp³-hybridized carbons (Fsp3) is 0.625. The van der Waals surface area contributed by atoms with Crippen molar-refractivity contribution < 1.29 is 5.11 Å². The maximum Gasteiger partial charge on any atom is 0.227 e. The zero-order chi connectivity index (χ0) is 17.1. The van der Waals surface area contributed by atoms with Crippen LogP contribution in [-0.4, -0.2) is 57.8 Å². The Morgan fingerprint density at radius 3 is 2.67 bits per heavy atom. The third-order valence-electron chi connectivity index (χ3n) is 4.21. The average Bonchev–Trinajstić information content (AvgIpc) is 2.97. The smallest absolute Gasteiger partial charge is 0.227 e. The predicted molar refractivity (Wildman–Crippen MR) is 95.5 cm³/mol. The standard InChI is InChI=1S/C16H25N7O/c1-4-8-17-14-12-13(21-16(22-14)23(2)3)15(19-9-18-12)20-10-6-5-7-11(10)24/h9-11,24H,4-8H2,1-3H3,(H,17,21,22)(H,18,19,20)/t10-,11-/m1/s1. The molecule has 3 rings (SSSR count). The molecule has 1 fully saturated rings. The van der Waals surface area contributed by atoms with Gasteiger partial charge in [-0.05, 0) is 25.7 Å². The van der Waals surface area contributed by atoms with Crippen molar-refractivity contribution in [3.63, 3.8) is 0 Å². The SMILES string of the molecule is CCCNc1nc(N(C)C)nc2c(N[C@@H]3CCC[C@H]3O)ncnc12. The molecule has 2 aromatic rings. The first-order chi connectivity index (χ1) is 11.6. The highest BCUT2D eigenvalue weighted by Gasteiger charge is 2.26. The number of nitrogens with zero attached hydrogens (tertiary/aromatic N) is 5. The van der Waals surface area contributed by atoms with Gasteiger partial charge in [0.25, 0.3) is 0 Å². The average molecular weight is 331 g/mol. The molecule has 3 N–H and O–H groups in total. The zero-order valence-corrected chi connectivity index (χ0v) is 14.5. The Balaban J connectivity index is 2.04. The lowest BCUT2D eigenvalue weighted by Gasteiger charge is -2.19. The van der Waals surface area contributed by atoms with E-state index < -0.39 is 0 Å². The van der Waals surface area contributed by atoms with E-state index in [4.69, 9.17) is 0 Å². The van der Waals surface area contributed by atoms with Crippen molar-refractivity contribution in [2.75, 3.05) is 36.2 Å². The first kappa shape index (κ1) is 16.6. The van der Waals surface area contributed by atoms with Crippen LogP contribution in [0.2, 0.25) is 0 Å². The molecule has 1 aliphatic carbocycles. The van der Waals surface area contributed by atoms with Crippen LogP contribution < -0.4 is 15.5 Å². The van der Waals surface area contributed by atoms with E-state index in [-0.39, 0.29) is 12.1 Å². The zero-order valence-electron chi connectivity index (χ0n) is 14.5. The lowest BCUT2D eigenvalue weighted by atomic mass is 10.2. The Morgan fingerprint density at radius 1 is 1.17 bits per heavy atom. The van der Waals surface area contributed by atoms with E-state index >= 15 is 0 Å². The highest BCUT2D eigenvalue weighted by Crippen LogP contribution is 2.28. The Bertz CT molecular complexity index is 706. The van der Waals surface area contributed by atoms with E-state index in [0.29, 0.717) is 28.6 Å². The normalized spacial score (nSPS) is 20.3. The van der Waals surface area contributed by atoms with Crippen LogP contribution in [0.15, 0.2) is 6.33 Å². The molecule has 8 nitrogen and oxygen atoms in total. The summed E-state index contributed by atoms with van der Waals surface area (Å²) in [5, 5.41) is 16.7. The van der Waals surface area contributed by atoms with Gasteiger partial charge >= 0.3 is 0 Å². The van der Waals surface area contributed by atoms with Gasteiger partial charge in [0.05, 0.1) is 12.1 Å². The van der Waals surface area contributed by atoms with Crippen molar-refractivity contribution in [1.29, 1.82) is 0 Å². The van der Waals surface area contributed by atoms with Gasteiger partial charge in [-0.1, -0.05) is 6.92 Å². The molecule has 0 spiro atoms. The van der Waals surface area contributed by atoms with Gasteiger partial charge in [0, 0.05) is 20.6 Å². The highest BCUT2D eigenvalue weighted by molar-refractivity contribution is 5.93. The summed E-state index contributed by atoms with van der Waals surface area (Å²) >= 11 is 0. The van der Waals surface area contributed by atoms with Crippen LogP contribution in [-0.2, 0) is 0 Å². The highest BCUT2D eigenvalue weighted by atomic mass is 16.3. The molecule has 0 amide bonds. The number of rotatable bonds is 6. The molecule has 0 radical (unpaired) electrons. The molecule has 0 saturated heterocycles.